The molecule has 7 rings (SSSR count). The molecule has 0 saturated carbocycles. The Morgan fingerprint density at radius 1 is 0.659 bits per heavy atom. The Labute approximate surface area is 256 Å². The van der Waals surface area contributed by atoms with Crippen LogP contribution in [-0.2, 0) is 19.4 Å². The Morgan fingerprint density at radius 2 is 1.23 bits per heavy atom. The number of carbonyl (C=O) groups excluding carboxylic acids is 1. The molecule has 0 radical (unpaired) electrons. The molecule has 4 unspecified atom stereocenters. The lowest BCUT2D eigenvalue weighted by atomic mass is 9.90. The lowest BCUT2D eigenvalue weighted by molar-refractivity contribution is -0.0395. The van der Waals surface area contributed by atoms with Crippen molar-refractivity contribution in [2.75, 3.05) is 20.1 Å². The van der Waals surface area contributed by atoms with Crippen LogP contribution >= 0.6 is 0 Å². The van der Waals surface area contributed by atoms with E-state index in [-0.39, 0.29) is 26.2 Å². The summed E-state index contributed by atoms with van der Waals surface area (Å²) in [4.78, 5) is 18.2. The van der Waals surface area contributed by atoms with Crippen LogP contribution in [0.2, 0.25) is 0 Å². The van der Waals surface area contributed by atoms with Crippen LogP contribution in [0.1, 0.15) is 29.5 Å². The molecule has 0 bridgehead atoms. The molecule has 1 fully saturated rings. The van der Waals surface area contributed by atoms with Crippen LogP contribution in [0, 0.1) is 0 Å². The molecule has 3 aliphatic heterocycles. The van der Waals surface area contributed by atoms with Gasteiger partial charge in [-0.1, -0.05) is 60.7 Å². The van der Waals surface area contributed by atoms with Crippen LogP contribution in [0.15, 0.2) is 90.5 Å². The minimum absolute atomic E-state index is 0.156. The van der Waals surface area contributed by atoms with Gasteiger partial charge in [0.25, 0.3) is 0 Å². The molecule has 2 N–H and O–H groups in total. The van der Waals surface area contributed by atoms with E-state index in [4.69, 9.17) is 18.9 Å². The molecule has 4 atom stereocenters. The number of hydrogen-bond donors (Lipinski definition) is 2. The first kappa shape index (κ1) is 28.3. The number of hydrogen-bond acceptors (Lipinski definition) is 7. The molecular weight excluding hydrogens is 560 g/mol. The number of aliphatic hydroxyl groups excluding tert-OH is 2. The Morgan fingerprint density at radius 3 is 1.80 bits per heavy atom. The molecule has 9 nitrogen and oxygen atoms in total. The van der Waals surface area contributed by atoms with Gasteiger partial charge in [-0.2, -0.15) is 0 Å². The Bertz CT molecular complexity index is 1570. The van der Waals surface area contributed by atoms with Crippen molar-refractivity contribution in [3.05, 3.63) is 107 Å². The number of fused-ring (bicyclic) bond motifs is 2. The van der Waals surface area contributed by atoms with Gasteiger partial charge in [0.1, 0.15) is 12.2 Å². The summed E-state index contributed by atoms with van der Waals surface area (Å²) in [5, 5.41) is 23.9. The number of ether oxygens (including phenoxy) is 4. The van der Waals surface area contributed by atoms with E-state index in [1.165, 1.54) is 0 Å². The number of aliphatic hydroxyl groups is 2. The lowest BCUT2D eigenvalue weighted by Gasteiger charge is -2.36. The maximum atomic E-state index is 14.8. The number of allylic oxidation sites excluding steroid dienone is 2. The first-order valence-corrected chi connectivity index (χ1v) is 15.1. The summed E-state index contributed by atoms with van der Waals surface area (Å²) in [6.45, 7) is 0.908. The summed E-state index contributed by atoms with van der Waals surface area (Å²) in [5.41, 5.74) is 3.69. The third kappa shape index (κ3) is 5.73. The van der Waals surface area contributed by atoms with Crippen molar-refractivity contribution in [2.45, 2.75) is 56.5 Å². The summed E-state index contributed by atoms with van der Waals surface area (Å²) in [6, 6.07) is 19.4. The van der Waals surface area contributed by atoms with Gasteiger partial charge in [-0.05, 0) is 72.2 Å². The summed E-state index contributed by atoms with van der Waals surface area (Å²) in [5.74, 6) is 2.59. The zero-order chi connectivity index (χ0) is 30.0. The summed E-state index contributed by atoms with van der Waals surface area (Å²) >= 11 is 0. The third-order valence-corrected chi connectivity index (χ3v) is 8.81. The molecule has 3 heterocycles. The van der Waals surface area contributed by atoms with Gasteiger partial charge in [0.05, 0.1) is 12.1 Å². The standard InChI is InChI=1S/C35H36N2O7/c38-33-27(15-25-11-13-29-31(17-25)43-21-41-29)36(19-23-7-3-1-4-8-23)35(40)37(20-24-9-5-2-6-10-24)28(34(33)39)16-26-12-14-30-32(18-26)44-22-42-30/h1,3-5,7-14,17-18,27-28,33-34,38-39H,2,6,15-16,19-22H2. The number of urea groups is 1. The highest BCUT2D eigenvalue weighted by atomic mass is 16.7. The molecular formula is C35H36N2O7. The van der Waals surface area contributed by atoms with E-state index in [9.17, 15) is 15.0 Å². The first-order chi connectivity index (χ1) is 21.5. The van der Waals surface area contributed by atoms with Crippen LogP contribution in [0.4, 0.5) is 4.79 Å². The highest BCUT2D eigenvalue weighted by molar-refractivity contribution is 5.76. The molecule has 3 aromatic rings. The van der Waals surface area contributed by atoms with E-state index in [0.717, 1.165) is 35.1 Å². The molecule has 44 heavy (non-hydrogen) atoms. The maximum absolute atomic E-state index is 14.8. The van der Waals surface area contributed by atoms with Gasteiger partial charge in [0.15, 0.2) is 23.0 Å². The molecule has 0 spiro atoms. The van der Waals surface area contributed by atoms with Gasteiger partial charge in [-0.15, -0.1) is 0 Å². The molecule has 1 saturated heterocycles. The maximum Gasteiger partial charge on any atom is 0.321 e. The van der Waals surface area contributed by atoms with Crippen molar-refractivity contribution in [1.82, 2.24) is 9.80 Å². The second-order valence-electron chi connectivity index (χ2n) is 11.7. The van der Waals surface area contributed by atoms with Crippen molar-refractivity contribution in [3.8, 4) is 23.0 Å². The van der Waals surface area contributed by atoms with Gasteiger partial charge in [0.2, 0.25) is 13.6 Å². The van der Waals surface area contributed by atoms with Crippen LogP contribution in [-0.4, -0.2) is 70.5 Å². The quantitative estimate of drug-likeness (QED) is 0.392. The molecule has 9 heteroatoms. The van der Waals surface area contributed by atoms with Gasteiger partial charge < -0.3 is 39.0 Å². The topological polar surface area (TPSA) is 101 Å². The van der Waals surface area contributed by atoms with Gasteiger partial charge in [-0.3, -0.25) is 0 Å². The fraction of sp³-hybridized carbons (Fsp3) is 0.343. The van der Waals surface area contributed by atoms with E-state index in [2.05, 4.69) is 12.2 Å². The SMILES string of the molecule is O=C1N(CC2=CCCC=C2)C(Cc2ccc3c(c2)OCO3)C(O)C(O)C(Cc2ccc3c(c2)OCO3)N1Cc1ccccc1. The summed E-state index contributed by atoms with van der Waals surface area (Å²) in [6.07, 6.45) is 6.35. The minimum Gasteiger partial charge on any atom is -0.454 e. The fourth-order valence-electron chi connectivity index (χ4n) is 6.48. The van der Waals surface area contributed by atoms with Gasteiger partial charge in [-0.25, -0.2) is 4.79 Å². The van der Waals surface area contributed by atoms with Crippen LogP contribution in [0.3, 0.4) is 0 Å². The molecule has 4 aliphatic rings. The van der Waals surface area contributed by atoms with Gasteiger partial charge >= 0.3 is 6.03 Å². The van der Waals surface area contributed by atoms with Crippen molar-refractivity contribution in [2.24, 2.45) is 0 Å². The zero-order valence-electron chi connectivity index (χ0n) is 24.4. The second kappa shape index (κ2) is 12.3. The van der Waals surface area contributed by atoms with Crippen LogP contribution < -0.4 is 18.9 Å². The monoisotopic (exact) mass is 596 g/mol. The largest absolute Gasteiger partial charge is 0.454 e. The van der Waals surface area contributed by atoms with Crippen LogP contribution in [0.5, 0.6) is 23.0 Å². The number of benzene rings is 3. The number of carbonyl (C=O) groups is 1. The molecule has 2 amide bonds. The Balaban J connectivity index is 1.27. The third-order valence-electron chi connectivity index (χ3n) is 8.81. The Hall–Kier alpha value is -4.47. The van der Waals surface area contributed by atoms with Crippen LogP contribution in [0.25, 0.3) is 0 Å². The zero-order valence-corrected chi connectivity index (χ0v) is 24.4. The number of nitrogens with zero attached hydrogens (tertiary/aromatic N) is 2. The molecule has 3 aromatic carbocycles. The van der Waals surface area contributed by atoms with E-state index >= 15 is 0 Å². The number of amides is 2. The molecule has 228 valence electrons. The smallest absolute Gasteiger partial charge is 0.321 e. The predicted octanol–water partition coefficient (Wildman–Crippen LogP) is 4.60. The van der Waals surface area contributed by atoms with E-state index < -0.39 is 24.3 Å². The minimum atomic E-state index is -1.23. The number of rotatable bonds is 8. The summed E-state index contributed by atoms with van der Waals surface area (Å²) in [7, 11) is 0. The highest BCUT2D eigenvalue weighted by Crippen LogP contribution is 2.36. The average molecular weight is 597 g/mol. The normalized spacial score (nSPS) is 24.0. The molecule has 0 aromatic heterocycles. The summed E-state index contributed by atoms with van der Waals surface area (Å²) < 4.78 is 22.2. The van der Waals surface area contributed by atoms with Crippen molar-refractivity contribution in [3.63, 3.8) is 0 Å². The van der Waals surface area contributed by atoms with Gasteiger partial charge in [0, 0.05) is 13.1 Å². The van der Waals surface area contributed by atoms with Crippen molar-refractivity contribution >= 4 is 6.03 Å². The Kier molecular flexibility index (Phi) is 7.89. The fourth-order valence-corrected chi connectivity index (χ4v) is 6.48. The van der Waals surface area contributed by atoms with E-state index in [1.807, 2.05) is 72.8 Å². The van der Waals surface area contributed by atoms with Crippen molar-refractivity contribution < 1.29 is 34.0 Å². The highest BCUT2D eigenvalue weighted by Gasteiger charge is 2.46. The lowest BCUT2D eigenvalue weighted by Crippen LogP contribution is -2.51. The van der Waals surface area contributed by atoms with E-state index in [0.29, 0.717) is 42.4 Å². The second-order valence-corrected chi connectivity index (χ2v) is 11.7. The first-order valence-electron chi connectivity index (χ1n) is 15.1. The van der Waals surface area contributed by atoms with Crippen molar-refractivity contribution in [1.29, 1.82) is 0 Å². The van der Waals surface area contributed by atoms with E-state index in [1.54, 1.807) is 9.80 Å². The molecule has 1 aliphatic carbocycles. The average Bonchev–Trinajstić information content (AvgIpc) is 3.72. The predicted molar refractivity (Wildman–Crippen MR) is 163 cm³/mol.